The molecule has 0 aliphatic carbocycles. The molecule has 2 bridgehead atoms. The first-order valence-electron chi connectivity index (χ1n) is 17.1. The number of fused-ring (bicyclic) bond motifs is 10. The van der Waals surface area contributed by atoms with Crippen molar-refractivity contribution in [2.45, 2.75) is 76.9 Å². The van der Waals surface area contributed by atoms with Gasteiger partial charge in [0.25, 0.3) is 11.8 Å². The van der Waals surface area contributed by atoms with Crippen molar-refractivity contribution in [3.63, 3.8) is 0 Å². The zero-order valence-electron chi connectivity index (χ0n) is 29.5. The Morgan fingerprint density at radius 2 is 1.71 bits per heavy atom. The molecule has 5 aliphatic heterocycles. The Morgan fingerprint density at radius 3 is 2.35 bits per heavy atom. The van der Waals surface area contributed by atoms with Crippen molar-refractivity contribution in [3.8, 4) is 34.8 Å². The molecule has 6 atom stereocenters. The van der Waals surface area contributed by atoms with Gasteiger partial charge in [0.15, 0.2) is 23.0 Å². The van der Waals surface area contributed by atoms with E-state index < -0.39 is 54.0 Å². The molecule has 1 saturated heterocycles. The molecule has 14 nitrogen and oxygen atoms in total. The van der Waals surface area contributed by atoms with E-state index in [1.165, 1.54) is 21.0 Å². The molecular formula is C38H37N5O9. The maximum absolute atomic E-state index is 14.4. The van der Waals surface area contributed by atoms with Gasteiger partial charge in [-0.3, -0.25) is 33.9 Å². The lowest BCUT2D eigenvalue weighted by Crippen LogP contribution is -2.70. The Morgan fingerprint density at radius 1 is 1.04 bits per heavy atom. The van der Waals surface area contributed by atoms with Crippen molar-refractivity contribution < 1.29 is 43.2 Å². The van der Waals surface area contributed by atoms with Crippen molar-refractivity contribution in [1.29, 1.82) is 5.26 Å². The van der Waals surface area contributed by atoms with Crippen LogP contribution in [0, 0.1) is 25.2 Å². The summed E-state index contributed by atoms with van der Waals surface area (Å²) < 4.78 is 23.4. The summed E-state index contributed by atoms with van der Waals surface area (Å²) in [5, 5.41) is 25.8. The van der Waals surface area contributed by atoms with Gasteiger partial charge in [-0.15, -0.1) is 0 Å². The molecule has 268 valence electrons. The van der Waals surface area contributed by atoms with Gasteiger partial charge in [-0.1, -0.05) is 18.2 Å². The van der Waals surface area contributed by atoms with E-state index in [0.717, 1.165) is 16.0 Å². The number of benzene rings is 3. The van der Waals surface area contributed by atoms with Gasteiger partial charge in [-0.05, 0) is 63.9 Å². The fraction of sp³-hybridized carbons (Fsp3) is 0.395. The number of ether oxygens (including phenoxy) is 4. The smallest absolute Gasteiger partial charge is 0.308 e. The number of imide groups is 1. The summed E-state index contributed by atoms with van der Waals surface area (Å²) in [6, 6.07) is 7.40. The molecule has 3 amide bonds. The molecule has 2 unspecified atom stereocenters. The molecule has 0 saturated carbocycles. The van der Waals surface area contributed by atoms with Crippen LogP contribution in [0.5, 0.6) is 28.7 Å². The minimum absolute atomic E-state index is 0.00383. The molecule has 52 heavy (non-hydrogen) atoms. The first-order chi connectivity index (χ1) is 24.9. The zero-order chi connectivity index (χ0) is 36.9. The summed E-state index contributed by atoms with van der Waals surface area (Å²) in [5.74, 6) is -1.14. The number of nitrogens with one attached hydrogen (secondary N) is 1. The second-order valence-corrected chi connectivity index (χ2v) is 13.9. The van der Waals surface area contributed by atoms with E-state index in [2.05, 4.69) is 16.3 Å². The highest BCUT2D eigenvalue weighted by atomic mass is 16.7. The van der Waals surface area contributed by atoms with Crippen LogP contribution in [-0.4, -0.2) is 88.6 Å². The van der Waals surface area contributed by atoms with Crippen molar-refractivity contribution in [1.82, 2.24) is 20.0 Å². The minimum atomic E-state index is -1.25. The highest BCUT2D eigenvalue weighted by molar-refractivity contribution is 6.22. The molecule has 3 aromatic carbocycles. The number of nitriles is 1. The van der Waals surface area contributed by atoms with Crippen LogP contribution in [0.2, 0.25) is 0 Å². The molecule has 1 fully saturated rings. The quantitative estimate of drug-likeness (QED) is 0.226. The number of methoxy groups -OCH3 is 1. The third kappa shape index (κ3) is 4.55. The Kier molecular flexibility index (Phi) is 7.70. The van der Waals surface area contributed by atoms with Crippen molar-refractivity contribution in [2.24, 2.45) is 0 Å². The Bertz CT molecular complexity index is 2130. The number of esters is 1. The maximum Gasteiger partial charge on any atom is 0.308 e. The first kappa shape index (κ1) is 33.5. The molecule has 0 radical (unpaired) electrons. The van der Waals surface area contributed by atoms with Crippen LogP contribution >= 0.6 is 0 Å². The van der Waals surface area contributed by atoms with E-state index in [9.17, 15) is 29.5 Å². The number of aromatic hydroxyl groups is 1. The van der Waals surface area contributed by atoms with Crippen LogP contribution in [0.3, 0.4) is 0 Å². The molecule has 0 aromatic heterocycles. The van der Waals surface area contributed by atoms with E-state index in [1.807, 2.05) is 24.9 Å². The van der Waals surface area contributed by atoms with Crippen molar-refractivity contribution in [3.05, 3.63) is 74.8 Å². The number of phenolic OH excluding ortho intramolecular Hbond substituents is 1. The number of hydrogen-bond donors (Lipinski definition) is 2. The minimum Gasteiger partial charge on any atom is -0.504 e. The van der Waals surface area contributed by atoms with Gasteiger partial charge < -0.3 is 29.4 Å². The molecule has 14 heteroatoms. The fourth-order valence-corrected chi connectivity index (χ4v) is 9.05. The lowest BCUT2D eigenvalue weighted by molar-refractivity contribution is -0.133. The van der Waals surface area contributed by atoms with E-state index >= 15 is 0 Å². The average molecular weight is 708 g/mol. The van der Waals surface area contributed by atoms with Crippen LogP contribution in [0.1, 0.15) is 80.2 Å². The maximum atomic E-state index is 14.4. The summed E-state index contributed by atoms with van der Waals surface area (Å²) in [7, 11) is 3.41. The second kappa shape index (κ2) is 12.0. The number of aryl methyl sites for hydroxylation is 1. The predicted molar refractivity (Wildman–Crippen MR) is 182 cm³/mol. The molecule has 0 spiro atoms. The average Bonchev–Trinajstić information content (AvgIpc) is 3.70. The third-order valence-electron chi connectivity index (χ3n) is 11.3. The van der Waals surface area contributed by atoms with Gasteiger partial charge >= 0.3 is 5.97 Å². The van der Waals surface area contributed by atoms with Gasteiger partial charge in [0, 0.05) is 41.3 Å². The van der Waals surface area contributed by atoms with Crippen LogP contribution < -0.4 is 24.3 Å². The van der Waals surface area contributed by atoms with Crippen LogP contribution in [0.25, 0.3) is 0 Å². The first-order valence-corrected chi connectivity index (χ1v) is 17.1. The highest BCUT2D eigenvalue weighted by Crippen LogP contribution is 2.58. The predicted octanol–water partition coefficient (Wildman–Crippen LogP) is 3.20. The van der Waals surface area contributed by atoms with Crippen molar-refractivity contribution >= 4 is 23.7 Å². The molecular weight excluding hydrogens is 670 g/mol. The Balaban J connectivity index is 1.31. The normalized spacial score (nSPS) is 24.6. The number of nitrogens with zero attached hydrogens (tertiary/aromatic N) is 4. The monoisotopic (exact) mass is 707 g/mol. The van der Waals surface area contributed by atoms with Gasteiger partial charge in [0.1, 0.15) is 24.0 Å². The number of amides is 3. The summed E-state index contributed by atoms with van der Waals surface area (Å²) in [5.41, 5.74) is 4.24. The number of piperazine rings is 1. The number of likely N-dealkylation sites (N-methyl/N-ethyl adjacent to an activating group) is 1. The van der Waals surface area contributed by atoms with Gasteiger partial charge in [-0.25, -0.2) is 0 Å². The summed E-state index contributed by atoms with van der Waals surface area (Å²) in [6.45, 7) is 6.26. The lowest BCUT2D eigenvalue weighted by atomic mass is 9.72. The summed E-state index contributed by atoms with van der Waals surface area (Å²) in [6.07, 6.45) is -0.431. The van der Waals surface area contributed by atoms with Crippen molar-refractivity contribution in [2.75, 3.05) is 21.0 Å². The lowest BCUT2D eigenvalue weighted by Gasteiger charge is -2.59. The molecule has 5 heterocycles. The molecule has 2 N–H and O–H groups in total. The largest absolute Gasteiger partial charge is 0.504 e. The van der Waals surface area contributed by atoms with Gasteiger partial charge in [0.2, 0.25) is 12.7 Å². The highest BCUT2D eigenvalue weighted by Gasteiger charge is 2.57. The molecule has 5 aliphatic rings. The third-order valence-corrected chi connectivity index (χ3v) is 11.3. The topological polar surface area (TPSA) is 171 Å². The fourth-order valence-electron chi connectivity index (χ4n) is 9.05. The Hall–Kier alpha value is -5.65. The van der Waals surface area contributed by atoms with Crippen LogP contribution in [0.15, 0.2) is 30.3 Å². The summed E-state index contributed by atoms with van der Waals surface area (Å²) >= 11 is 0. The van der Waals surface area contributed by atoms with Crippen LogP contribution in [0.4, 0.5) is 0 Å². The summed E-state index contributed by atoms with van der Waals surface area (Å²) in [4.78, 5) is 58.9. The number of carbonyl (C=O) groups excluding carboxylic acids is 4. The molecule has 8 rings (SSSR count). The van der Waals surface area contributed by atoms with E-state index in [-0.39, 0.29) is 41.9 Å². The number of hydrogen-bond acceptors (Lipinski definition) is 12. The number of carbonyl (C=O) groups is 4. The van der Waals surface area contributed by atoms with Crippen LogP contribution in [-0.2, 0) is 22.4 Å². The van der Waals surface area contributed by atoms with E-state index in [0.29, 0.717) is 45.9 Å². The second-order valence-electron chi connectivity index (χ2n) is 13.9. The molecule has 3 aromatic rings. The van der Waals surface area contributed by atoms with Gasteiger partial charge in [-0.2, -0.15) is 5.26 Å². The van der Waals surface area contributed by atoms with Gasteiger partial charge in [0.05, 0.1) is 30.3 Å². The van der Waals surface area contributed by atoms with E-state index in [1.54, 1.807) is 31.2 Å². The van der Waals surface area contributed by atoms with E-state index in [4.69, 9.17) is 18.9 Å². The SMILES string of the molecule is COc1c(C)cc2c(c1O)C1[C@@H]3Cc4c(OC(C)=O)c(C)c5c(c4[C@H](NC(=O)[C@H](C)N4C(=O)c6ccccc6C4=O)N3[C@@H](C#N)C(C2)N1C)OCO5. The number of phenols is 1. The number of rotatable bonds is 5. The Labute approximate surface area is 299 Å². The zero-order valence-corrected chi connectivity index (χ0v) is 29.5. The standard InChI is InChI=1S/C38H37N5O9/c1-16-11-20-12-24-26(14-39)43-25(29(41(24)5)27(20)30(45)31(16)49-6)13-23-28(34-33(50-15-51-34)17(2)32(23)52-19(4)44)35(43)40-36(46)18(3)42-37(47)21-9-7-8-10-22(21)38(42)48/h7-11,18,24-26,29,35,45H,12-13,15H2,1-6H3,(H,40,46)/t18-,24?,25-,26-,29?,35+/m0/s1.